The summed E-state index contributed by atoms with van der Waals surface area (Å²) >= 11 is 0. The minimum atomic E-state index is -0.239. The summed E-state index contributed by atoms with van der Waals surface area (Å²) in [5.41, 5.74) is 5.74. The van der Waals surface area contributed by atoms with Gasteiger partial charge in [0.05, 0.1) is 0 Å². The zero-order valence-corrected chi connectivity index (χ0v) is 23.3. The number of aromatic nitrogens is 4. The van der Waals surface area contributed by atoms with Gasteiger partial charge in [0.25, 0.3) is 17.0 Å². The predicted molar refractivity (Wildman–Crippen MR) is 159 cm³/mol. The molecule has 1 saturated carbocycles. The van der Waals surface area contributed by atoms with Gasteiger partial charge < -0.3 is 24.4 Å². The zero-order valence-electron chi connectivity index (χ0n) is 23.3. The highest BCUT2D eigenvalue weighted by Crippen LogP contribution is 2.33. The maximum Gasteiger partial charge on any atom is 0.274 e. The Balaban J connectivity index is 1.45. The van der Waals surface area contributed by atoms with Crippen LogP contribution in [0, 0.1) is 19.8 Å². The second-order valence-corrected chi connectivity index (χ2v) is 11.3. The van der Waals surface area contributed by atoms with Crippen LogP contribution in [0.3, 0.4) is 0 Å². The van der Waals surface area contributed by atoms with Crippen LogP contribution in [0.15, 0.2) is 58.5 Å². The summed E-state index contributed by atoms with van der Waals surface area (Å²) in [6.07, 6.45) is 12.0. The summed E-state index contributed by atoms with van der Waals surface area (Å²) in [5, 5.41) is 4.70. The van der Waals surface area contributed by atoms with Gasteiger partial charge in [-0.3, -0.25) is 14.4 Å². The third-order valence-corrected chi connectivity index (χ3v) is 8.44. The number of hydrogen-bond acceptors (Lipinski definition) is 3. The number of rotatable bonds is 6. The third-order valence-electron chi connectivity index (χ3n) is 8.44. The lowest BCUT2D eigenvalue weighted by atomic mass is 9.89. The molecule has 4 aromatic heterocycles. The normalized spacial score (nSPS) is 14.3. The van der Waals surface area contributed by atoms with Crippen LogP contribution in [0.25, 0.3) is 32.9 Å². The van der Waals surface area contributed by atoms with Crippen LogP contribution in [0.1, 0.15) is 59.3 Å². The van der Waals surface area contributed by atoms with Crippen molar-refractivity contribution < 1.29 is 4.79 Å². The quantitative estimate of drug-likeness (QED) is 0.274. The smallest absolute Gasteiger partial charge is 0.274 e. The van der Waals surface area contributed by atoms with Gasteiger partial charge in [-0.15, -0.1) is 0 Å². The van der Waals surface area contributed by atoms with Gasteiger partial charge in [-0.05, 0) is 74.1 Å². The zero-order chi connectivity index (χ0) is 28.0. The first-order chi connectivity index (χ1) is 19.3. The lowest BCUT2D eigenvalue weighted by Gasteiger charge is -2.22. The Kier molecular flexibility index (Phi) is 6.70. The molecule has 1 aromatic carbocycles. The molecule has 8 nitrogen and oxygen atoms in total. The van der Waals surface area contributed by atoms with E-state index in [1.54, 1.807) is 17.8 Å². The van der Waals surface area contributed by atoms with E-state index in [4.69, 9.17) is 0 Å². The Morgan fingerprint density at radius 1 is 1.05 bits per heavy atom. The van der Waals surface area contributed by atoms with E-state index in [2.05, 4.69) is 32.1 Å². The summed E-state index contributed by atoms with van der Waals surface area (Å²) in [6, 6.07) is 9.88. The molecule has 0 bridgehead atoms. The average Bonchev–Trinajstić information content (AvgIpc) is 3.58. The second kappa shape index (κ2) is 10.3. The Morgan fingerprint density at radius 2 is 1.85 bits per heavy atom. The monoisotopic (exact) mass is 537 g/mol. The number of fused-ring (bicyclic) bond motifs is 2. The molecule has 1 aliphatic rings. The standard InChI is InChI=1S/C32H35N5O3/c1-19-13-20(2)35-31(39)26(19)16-34-30(38)25-14-22(27-18-36(3)32(40)29-24(27)9-11-33-29)15-28-23(25)10-12-37(28)17-21-7-5-4-6-8-21/h9-15,18,21,33H,4-8,16-17H2,1-3H3,(H,34,38)(H,35,39). The highest BCUT2D eigenvalue weighted by atomic mass is 16.2. The molecular weight excluding hydrogens is 502 g/mol. The van der Waals surface area contributed by atoms with Crippen molar-refractivity contribution in [2.45, 2.75) is 59.0 Å². The number of aromatic amines is 2. The number of nitrogens with one attached hydrogen (secondary N) is 3. The molecule has 1 fully saturated rings. The molecule has 0 unspecified atom stereocenters. The number of benzene rings is 1. The SMILES string of the molecule is Cc1cc(C)c(CNC(=O)c2cc(-c3cn(C)c(=O)c4[nH]ccc34)cc3c2ccn3CC2CCCCC2)c(=O)[nH]1. The van der Waals surface area contributed by atoms with Crippen molar-refractivity contribution >= 4 is 27.7 Å². The summed E-state index contributed by atoms with van der Waals surface area (Å²) in [7, 11) is 1.74. The summed E-state index contributed by atoms with van der Waals surface area (Å²) in [5.74, 6) is 0.382. The van der Waals surface area contributed by atoms with Crippen molar-refractivity contribution in [1.82, 2.24) is 24.4 Å². The number of carbonyl (C=O) groups is 1. The van der Waals surface area contributed by atoms with Gasteiger partial charge in [0.15, 0.2) is 0 Å². The molecule has 3 N–H and O–H groups in total. The summed E-state index contributed by atoms with van der Waals surface area (Å²) in [6.45, 7) is 4.78. The first-order valence-corrected chi connectivity index (χ1v) is 14.1. The van der Waals surface area contributed by atoms with Gasteiger partial charge in [-0.2, -0.15) is 0 Å². The topological polar surface area (TPSA) is 105 Å². The fourth-order valence-electron chi connectivity index (χ4n) is 6.31. The fraction of sp³-hybridized carbons (Fsp3) is 0.344. The van der Waals surface area contributed by atoms with Crippen LogP contribution < -0.4 is 16.4 Å². The van der Waals surface area contributed by atoms with Crippen LogP contribution in [0.5, 0.6) is 0 Å². The number of amides is 1. The minimum absolute atomic E-state index is 0.0952. The van der Waals surface area contributed by atoms with Crippen molar-refractivity contribution in [3.8, 4) is 11.1 Å². The van der Waals surface area contributed by atoms with Gasteiger partial charge in [0.2, 0.25) is 0 Å². The van der Waals surface area contributed by atoms with E-state index in [1.807, 2.05) is 44.3 Å². The fourth-order valence-corrected chi connectivity index (χ4v) is 6.31. The number of hydrogen-bond donors (Lipinski definition) is 3. The Hall–Kier alpha value is -4.33. The molecule has 8 heteroatoms. The lowest BCUT2D eigenvalue weighted by molar-refractivity contribution is 0.0952. The van der Waals surface area contributed by atoms with Crippen LogP contribution >= 0.6 is 0 Å². The van der Waals surface area contributed by atoms with Crippen LogP contribution in [-0.4, -0.2) is 25.0 Å². The van der Waals surface area contributed by atoms with Crippen LogP contribution in [0.4, 0.5) is 0 Å². The minimum Gasteiger partial charge on any atom is -0.357 e. The van der Waals surface area contributed by atoms with E-state index in [0.29, 0.717) is 22.6 Å². The Bertz CT molecular complexity index is 1860. The molecule has 40 heavy (non-hydrogen) atoms. The van der Waals surface area contributed by atoms with E-state index in [1.165, 1.54) is 32.1 Å². The summed E-state index contributed by atoms with van der Waals surface area (Å²) in [4.78, 5) is 44.9. The van der Waals surface area contributed by atoms with Crippen molar-refractivity contribution in [2.75, 3.05) is 0 Å². The van der Waals surface area contributed by atoms with Gasteiger partial charge in [0.1, 0.15) is 5.52 Å². The molecule has 6 rings (SSSR count). The number of pyridine rings is 2. The van der Waals surface area contributed by atoms with E-state index in [0.717, 1.165) is 45.2 Å². The first-order valence-electron chi connectivity index (χ1n) is 14.1. The first kappa shape index (κ1) is 25.9. The van der Waals surface area contributed by atoms with E-state index in [-0.39, 0.29) is 23.6 Å². The maximum absolute atomic E-state index is 13.7. The molecular formula is C32H35N5O3. The molecule has 4 heterocycles. The average molecular weight is 538 g/mol. The summed E-state index contributed by atoms with van der Waals surface area (Å²) < 4.78 is 3.85. The molecule has 206 valence electrons. The molecule has 1 amide bonds. The lowest BCUT2D eigenvalue weighted by Crippen LogP contribution is -2.28. The number of nitrogens with zero attached hydrogens (tertiary/aromatic N) is 2. The van der Waals surface area contributed by atoms with E-state index < -0.39 is 0 Å². The highest BCUT2D eigenvalue weighted by molar-refractivity contribution is 6.09. The number of aryl methyl sites for hydroxylation is 3. The molecule has 0 radical (unpaired) electrons. The van der Waals surface area contributed by atoms with E-state index in [9.17, 15) is 14.4 Å². The van der Waals surface area contributed by atoms with Gasteiger partial charge in [-0.25, -0.2) is 0 Å². The highest BCUT2D eigenvalue weighted by Gasteiger charge is 2.20. The Labute approximate surface area is 232 Å². The largest absolute Gasteiger partial charge is 0.357 e. The van der Waals surface area contributed by atoms with Crippen LogP contribution in [0.2, 0.25) is 0 Å². The maximum atomic E-state index is 13.7. The van der Waals surface area contributed by atoms with Crippen LogP contribution in [-0.2, 0) is 20.1 Å². The van der Waals surface area contributed by atoms with Crippen molar-refractivity contribution in [3.05, 3.63) is 92.0 Å². The van der Waals surface area contributed by atoms with Crippen molar-refractivity contribution in [1.29, 1.82) is 0 Å². The number of H-pyrrole nitrogens is 2. The molecule has 0 spiro atoms. The second-order valence-electron chi connectivity index (χ2n) is 11.3. The van der Waals surface area contributed by atoms with Crippen molar-refractivity contribution in [3.63, 3.8) is 0 Å². The van der Waals surface area contributed by atoms with Crippen molar-refractivity contribution in [2.24, 2.45) is 13.0 Å². The third kappa shape index (κ3) is 4.68. The van der Waals surface area contributed by atoms with Gasteiger partial charge in [0, 0.05) is 77.4 Å². The predicted octanol–water partition coefficient (Wildman–Crippen LogP) is 5.30. The number of carbonyl (C=O) groups excluding carboxylic acids is 1. The Morgan fingerprint density at radius 3 is 2.62 bits per heavy atom. The van der Waals surface area contributed by atoms with Gasteiger partial charge >= 0.3 is 0 Å². The molecule has 0 saturated heterocycles. The molecule has 0 aliphatic heterocycles. The van der Waals surface area contributed by atoms with Gasteiger partial charge in [-0.1, -0.05) is 19.3 Å². The molecule has 1 aliphatic carbocycles. The van der Waals surface area contributed by atoms with E-state index >= 15 is 0 Å². The molecule has 5 aromatic rings. The molecule has 0 atom stereocenters.